The molecule has 2 unspecified atom stereocenters. The molecule has 1 amide bonds. The summed E-state index contributed by atoms with van der Waals surface area (Å²) in [5, 5.41) is 8.93. The Morgan fingerprint density at radius 2 is 1.76 bits per heavy atom. The molecule has 2 atom stereocenters. The fourth-order valence-corrected chi connectivity index (χ4v) is 3.33. The zero-order chi connectivity index (χ0) is 15.0. The number of carboxylic acids is 1. The average molecular weight is 287 g/mol. The van der Waals surface area contributed by atoms with Crippen LogP contribution in [0.25, 0.3) is 0 Å². The molecule has 4 heteroatoms. The highest BCUT2D eigenvalue weighted by molar-refractivity contribution is 5.89. The summed E-state index contributed by atoms with van der Waals surface area (Å²) in [5.74, 6) is -1.51. The molecule has 1 aliphatic heterocycles. The van der Waals surface area contributed by atoms with Gasteiger partial charge < -0.3 is 10.0 Å². The number of rotatable bonds is 3. The van der Waals surface area contributed by atoms with E-state index in [0.717, 1.165) is 25.9 Å². The van der Waals surface area contributed by atoms with Gasteiger partial charge in [-0.2, -0.15) is 0 Å². The summed E-state index contributed by atoms with van der Waals surface area (Å²) >= 11 is 0. The lowest BCUT2D eigenvalue weighted by molar-refractivity contribution is -0.142. The number of carboxylic acid groups (broad SMARTS) is 1. The van der Waals surface area contributed by atoms with E-state index in [2.05, 4.69) is 31.2 Å². The van der Waals surface area contributed by atoms with Crippen LogP contribution in [0.2, 0.25) is 0 Å². The fourth-order valence-electron chi connectivity index (χ4n) is 3.33. The molecule has 0 radical (unpaired) electrons. The van der Waals surface area contributed by atoms with Crippen LogP contribution in [-0.4, -0.2) is 35.0 Å². The van der Waals surface area contributed by atoms with Crippen LogP contribution in [0, 0.1) is 11.8 Å². The number of hydrogen-bond donors (Lipinski definition) is 1. The number of carbonyl (C=O) groups is 2. The van der Waals surface area contributed by atoms with Crippen molar-refractivity contribution in [2.45, 2.75) is 31.6 Å². The van der Waals surface area contributed by atoms with Crippen LogP contribution in [0.4, 0.5) is 0 Å². The SMILES string of the molecule is CC1(c2ccccc2)CCN(C(=O)C2CC2C(=O)O)CC1. The highest BCUT2D eigenvalue weighted by Crippen LogP contribution is 2.42. The Balaban J connectivity index is 1.61. The highest BCUT2D eigenvalue weighted by Gasteiger charge is 2.50. The Hall–Kier alpha value is -1.84. The van der Waals surface area contributed by atoms with E-state index in [1.54, 1.807) is 0 Å². The number of hydrogen-bond acceptors (Lipinski definition) is 2. The minimum absolute atomic E-state index is 0.0394. The number of aliphatic carboxylic acids is 1. The minimum atomic E-state index is -0.834. The van der Waals surface area contributed by atoms with Gasteiger partial charge in [0.1, 0.15) is 0 Å². The Morgan fingerprint density at radius 1 is 1.14 bits per heavy atom. The lowest BCUT2D eigenvalue weighted by Gasteiger charge is -2.40. The van der Waals surface area contributed by atoms with Gasteiger partial charge in [-0.3, -0.25) is 9.59 Å². The topological polar surface area (TPSA) is 57.6 Å². The monoisotopic (exact) mass is 287 g/mol. The van der Waals surface area contributed by atoms with Gasteiger partial charge in [0, 0.05) is 13.1 Å². The second kappa shape index (κ2) is 5.17. The fraction of sp³-hybridized carbons (Fsp3) is 0.529. The number of nitrogens with zero attached hydrogens (tertiary/aromatic N) is 1. The third kappa shape index (κ3) is 2.67. The molecule has 1 saturated carbocycles. The van der Waals surface area contributed by atoms with Crippen molar-refractivity contribution in [1.82, 2.24) is 4.90 Å². The van der Waals surface area contributed by atoms with Gasteiger partial charge in [-0.05, 0) is 30.2 Å². The summed E-state index contributed by atoms with van der Waals surface area (Å²) in [6, 6.07) is 10.4. The van der Waals surface area contributed by atoms with Crippen LogP contribution in [0.15, 0.2) is 30.3 Å². The minimum Gasteiger partial charge on any atom is -0.481 e. The molecule has 0 spiro atoms. The molecule has 1 heterocycles. The van der Waals surface area contributed by atoms with Crippen LogP contribution in [0.1, 0.15) is 31.7 Å². The van der Waals surface area contributed by atoms with Gasteiger partial charge in [0.25, 0.3) is 0 Å². The van der Waals surface area contributed by atoms with Crippen molar-refractivity contribution in [2.24, 2.45) is 11.8 Å². The Labute approximate surface area is 124 Å². The third-order valence-electron chi connectivity index (χ3n) is 5.07. The summed E-state index contributed by atoms with van der Waals surface area (Å²) in [7, 11) is 0. The van der Waals surface area contributed by atoms with Crippen LogP contribution in [0.5, 0.6) is 0 Å². The summed E-state index contributed by atoms with van der Waals surface area (Å²) in [4.78, 5) is 25.0. The van der Waals surface area contributed by atoms with Gasteiger partial charge in [0.2, 0.25) is 5.91 Å². The van der Waals surface area contributed by atoms with Crippen molar-refractivity contribution in [3.63, 3.8) is 0 Å². The molecular weight excluding hydrogens is 266 g/mol. The van der Waals surface area contributed by atoms with Gasteiger partial charge in [-0.15, -0.1) is 0 Å². The van der Waals surface area contributed by atoms with Crippen LogP contribution in [0.3, 0.4) is 0 Å². The predicted octanol–water partition coefficient (Wildman–Crippen LogP) is 2.29. The summed E-state index contributed by atoms with van der Waals surface area (Å²) in [6.07, 6.45) is 2.39. The van der Waals surface area contributed by atoms with E-state index in [0.29, 0.717) is 6.42 Å². The normalized spacial score (nSPS) is 27.2. The second-order valence-corrected chi connectivity index (χ2v) is 6.54. The predicted molar refractivity (Wildman–Crippen MR) is 78.8 cm³/mol. The van der Waals surface area contributed by atoms with Crippen molar-refractivity contribution in [2.75, 3.05) is 13.1 Å². The Bertz CT molecular complexity index is 546. The first-order valence-electron chi connectivity index (χ1n) is 7.58. The summed E-state index contributed by atoms with van der Waals surface area (Å²) in [6.45, 7) is 3.71. The van der Waals surface area contributed by atoms with E-state index in [1.807, 2.05) is 11.0 Å². The van der Waals surface area contributed by atoms with Crippen molar-refractivity contribution in [3.8, 4) is 0 Å². The van der Waals surface area contributed by atoms with Crippen LogP contribution in [-0.2, 0) is 15.0 Å². The van der Waals surface area contributed by atoms with Crippen molar-refractivity contribution in [1.29, 1.82) is 0 Å². The van der Waals surface area contributed by atoms with Gasteiger partial charge in [0.15, 0.2) is 0 Å². The molecular formula is C17H21NO3. The first-order valence-corrected chi connectivity index (χ1v) is 7.58. The zero-order valence-corrected chi connectivity index (χ0v) is 12.3. The number of likely N-dealkylation sites (tertiary alicyclic amines) is 1. The van der Waals surface area contributed by atoms with E-state index < -0.39 is 11.9 Å². The molecule has 1 aromatic carbocycles. The first kappa shape index (κ1) is 14.1. The Kier molecular flexibility index (Phi) is 3.47. The maximum atomic E-state index is 12.3. The van der Waals surface area contributed by atoms with E-state index in [4.69, 9.17) is 5.11 Å². The molecule has 21 heavy (non-hydrogen) atoms. The number of carbonyl (C=O) groups excluding carboxylic acids is 1. The highest BCUT2D eigenvalue weighted by atomic mass is 16.4. The molecule has 0 bridgehead atoms. The van der Waals surface area contributed by atoms with Crippen molar-refractivity contribution >= 4 is 11.9 Å². The van der Waals surface area contributed by atoms with Gasteiger partial charge in [0.05, 0.1) is 11.8 Å². The molecule has 1 saturated heterocycles. The van der Waals surface area contributed by atoms with Crippen molar-refractivity contribution in [3.05, 3.63) is 35.9 Å². The van der Waals surface area contributed by atoms with E-state index >= 15 is 0 Å². The van der Waals surface area contributed by atoms with Gasteiger partial charge in [-0.25, -0.2) is 0 Å². The number of amides is 1. The van der Waals surface area contributed by atoms with E-state index in [9.17, 15) is 9.59 Å². The molecule has 1 aliphatic carbocycles. The third-order valence-corrected chi connectivity index (χ3v) is 5.07. The van der Waals surface area contributed by atoms with Gasteiger partial charge >= 0.3 is 5.97 Å². The van der Waals surface area contributed by atoms with Crippen LogP contribution < -0.4 is 0 Å². The van der Waals surface area contributed by atoms with Gasteiger partial charge in [-0.1, -0.05) is 37.3 Å². The largest absolute Gasteiger partial charge is 0.481 e. The quantitative estimate of drug-likeness (QED) is 0.928. The molecule has 3 rings (SSSR count). The summed E-state index contributed by atoms with van der Waals surface area (Å²) < 4.78 is 0. The number of benzene rings is 1. The second-order valence-electron chi connectivity index (χ2n) is 6.54. The van der Waals surface area contributed by atoms with E-state index in [-0.39, 0.29) is 17.2 Å². The molecule has 2 fully saturated rings. The summed E-state index contributed by atoms with van der Waals surface area (Å²) in [5.41, 5.74) is 1.44. The average Bonchev–Trinajstić information content (AvgIpc) is 3.29. The van der Waals surface area contributed by atoms with E-state index in [1.165, 1.54) is 5.56 Å². The molecule has 0 aromatic heterocycles. The lowest BCUT2D eigenvalue weighted by atomic mass is 9.74. The molecule has 112 valence electrons. The standard InChI is InChI=1S/C17H21NO3/c1-17(12-5-3-2-4-6-12)7-9-18(10-8-17)15(19)13-11-14(13)16(20)21/h2-6,13-14H,7-11H2,1H3,(H,20,21). The molecule has 1 aromatic rings. The smallest absolute Gasteiger partial charge is 0.307 e. The lowest BCUT2D eigenvalue weighted by Crippen LogP contribution is -2.44. The molecule has 4 nitrogen and oxygen atoms in total. The van der Waals surface area contributed by atoms with Crippen molar-refractivity contribution < 1.29 is 14.7 Å². The number of piperidine rings is 1. The first-order chi connectivity index (χ1) is 10.0. The molecule has 2 aliphatic rings. The molecule has 1 N–H and O–H groups in total. The zero-order valence-electron chi connectivity index (χ0n) is 12.3. The maximum Gasteiger partial charge on any atom is 0.307 e. The Morgan fingerprint density at radius 3 is 2.29 bits per heavy atom. The van der Waals surface area contributed by atoms with Crippen LogP contribution >= 0.6 is 0 Å². The maximum absolute atomic E-state index is 12.3.